The topological polar surface area (TPSA) is 75.6 Å². The molecule has 0 saturated carbocycles. The number of halogens is 1. The van der Waals surface area contributed by atoms with Gasteiger partial charge in [0.15, 0.2) is 0 Å². The molecule has 2 N–H and O–H groups in total. The molecule has 126 valence electrons. The van der Waals surface area contributed by atoms with Crippen molar-refractivity contribution in [2.45, 2.75) is 57.3 Å². The van der Waals surface area contributed by atoms with E-state index >= 15 is 0 Å². The van der Waals surface area contributed by atoms with Crippen LogP contribution in [0, 0.1) is 0 Å². The molecule has 1 heterocycles. The minimum atomic E-state index is -0.941. The average molecular weight is 384 g/mol. The van der Waals surface area contributed by atoms with Crippen molar-refractivity contribution in [2.24, 2.45) is 0 Å². The molecule has 1 aliphatic rings. The van der Waals surface area contributed by atoms with Crippen molar-refractivity contribution in [1.82, 2.24) is 5.32 Å². The fourth-order valence-corrected chi connectivity index (χ4v) is 3.22. The van der Waals surface area contributed by atoms with Crippen LogP contribution < -0.4 is 5.32 Å². The predicted molar refractivity (Wildman–Crippen MR) is 90.1 cm³/mol. The maximum Gasteiger partial charge on any atom is 0.305 e. The number of benzene rings is 1. The van der Waals surface area contributed by atoms with E-state index in [0.717, 1.165) is 22.9 Å². The zero-order valence-corrected chi connectivity index (χ0v) is 14.7. The Morgan fingerprint density at radius 2 is 2.22 bits per heavy atom. The molecule has 1 aromatic rings. The smallest absolute Gasteiger partial charge is 0.305 e. The molecule has 0 aromatic heterocycles. The van der Waals surface area contributed by atoms with E-state index in [0.29, 0.717) is 12.8 Å². The third kappa shape index (κ3) is 5.95. The molecule has 1 saturated heterocycles. The molecule has 2 rings (SSSR count). The number of carboxylic acid groups (broad SMARTS) is 1. The van der Waals surface area contributed by atoms with Gasteiger partial charge in [-0.25, -0.2) is 0 Å². The van der Waals surface area contributed by atoms with Crippen LogP contribution in [0.1, 0.15) is 50.6 Å². The third-order valence-corrected chi connectivity index (χ3v) is 4.47. The second-order valence-electron chi connectivity index (χ2n) is 5.96. The van der Waals surface area contributed by atoms with Gasteiger partial charge < -0.3 is 15.2 Å². The predicted octanol–water partition coefficient (Wildman–Crippen LogP) is 3.43. The molecule has 1 amide bonds. The number of carbonyl (C=O) groups excluding carboxylic acids is 1. The van der Waals surface area contributed by atoms with E-state index in [-0.39, 0.29) is 24.5 Å². The molecular formula is C17H22BrNO4. The van der Waals surface area contributed by atoms with E-state index < -0.39 is 12.0 Å². The number of aliphatic carboxylic acids is 1. The minimum absolute atomic E-state index is 0.138. The summed E-state index contributed by atoms with van der Waals surface area (Å²) < 4.78 is 6.56. The lowest BCUT2D eigenvalue weighted by atomic mass is 10.0. The van der Waals surface area contributed by atoms with Crippen molar-refractivity contribution in [3.63, 3.8) is 0 Å². The zero-order valence-electron chi connectivity index (χ0n) is 13.1. The SMILES string of the molecule is CC1CCC(CCC(=O)NC(CC(=O)O)c2cccc(Br)c2)O1. The second-order valence-corrected chi connectivity index (χ2v) is 6.87. The van der Waals surface area contributed by atoms with Gasteiger partial charge >= 0.3 is 5.97 Å². The Labute approximate surface area is 144 Å². The number of rotatable bonds is 7. The van der Waals surface area contributed by atoms with Crippen molar-refractivity contribution in [3.05, 3.63) is 34.3 Å². The first-order chi connectivity index (χ1) is 10.9. The van der Waals surface area contributed by atoms with Crippen LogP contribution in [0.15, 0.2) is 28.7 Å². The van der Waals surface area contributed by atoms with Crippen LogP contribution in [-0.4, -0.2) is 29.2 Å². The Morgan fingerprint density at radius 1 is 1.43 bits per heavy atom. The van der Waals surface area contributed by atoms with Crippen molar-refractivity contribution in [1.29, 1.82) is 0 Å². The maximum absolute atomic E-state index is 12.2. The number of hydrogen-bond acceptors (Lipinski definition) is 3. The van der Waals surface area contributed by atoms with Gasteiger partial charge in [-0.05, 0) is 43.9 Å². The van der Waals surface area contributed by atoms with Gasteiger partial charge in [-0.1, -0.05) is 28.1 Å². The van der Waals surface area contributed by atoms with E-state index in [1.807, 2.05) is 31.2 Å². The molecular weight excluding hydrogens is 362 g/mol. The molecule has 5 nitrogen and oxygen atoms in total. The molecule has 3 unspecified atom stereocenters. The van der Waals surface area contributed by atoms with Crippen molar-refractivity contribution < 1.29 is 19.4 Å². The lowest BCUT2D eigenvalue weighted by molar-refractivity contribution is -0.137. The highest BCUT2D eigenvalue weighted by molar-refractivity contribution is 9.10. The van der Waals surface area contributed by atoms with Crippen LogP contribution >= 0.6 is 15.9 Å². The highest BCUT2D eigenvalue weighted by Crippen LogP contribution is 2.24. The van der Waals surface area contributed by atoms with Crippen LogP contribution in [0.5, 0.6) is 0 Å². The summed E-state index contributed by atoms with van der Waals surface area (Å²) >= 11 is 3.37. The molecule has 3 atom stereocenters. The van der Waals surface area contributed by atoms with Crippen molar-refractivity contribution in [2.75, 3.05) is 0 Å². The van der Waals surface area contributed by atoms with E-state index in [4.69, 9.17) is 9.84 Å². The van der Waals surface area contributed by atoms with E-state index in [1.165, 1.54) is 0 Å². The molecule has 1 aromatic carbocycles. The monoisotopic (exact) mass is 383 g/mol. The minimum Gasteiger partial charge on any atom is -0.481 e. The first kappa shape index (κ1) is 17.9. The number of ether oxygens (including phenoxy) is 1. The molecule has 0 bridgehead atoms. The quantitative estimate of drug-likeness (QED) is 0.755. The van der Waals surface area contributed by atoms with Crippen LogP contribution in [-0.2, 0) is 14.3 Å². The van der Waals surface area contributed by atoms with Gasteiger partial charge in [0.2, 0.25) is 5.91 Å². The normalized spacial score (nSPS) is 21.8. The Kier molecular flexibility index (Phi) is 6.59. The summed E-state index contributed by atoms with van der Waals surface area (Å²) in [4.78, 5) is 23.2. The maximum atomic E-state index is 12.2. The summed E-state index contributed by atoms with van der Waals surface area (Å²) in [5, 5.41) is 11.9. The molecule has 23 heavy (non-hydrogen) atoms. The van der Waals surface area contributed by atoms with Crippen LogP contribution in [0.4, 0.5) is 0 Å². The molecule has 0 spiro atoms. The van der Waals surface area contributed by atoms with E-state index in [1.54, 1.807) is 0 Å². The lowest BCUT2D eigenvalue weighted by Gasteiger charge is -2.18. The van der Waals surface area contributed by atoms with Crippen molar-refractivity contribution >= 4 is 27.8 Å². The first-order valence-electron chi connectivity index (χ1n) is 7.86. The second kappa shape index (κ2) is 8.45. The highest BCUT2D eigenvalue weighted by atomic mass is 79.9. The van der Waals surface area contributed by atoms with E-state index in [2.05, 4.69) is 21.2 Å². The Bertz CT molecular complexity index is 563. The van der Waals surface area contributed by atoms with Gasteiger partial charge in [0, 0.05) is 10.9 Å². The number of amides is 1. The molecule has 1 aliphatic heterocycles. The largest absolute Gasteiger partial charge is 0.481 e. The highest BCUT2D eigenvalue weighted by Gasteiger charge is 2.23. The Morgan fingerprint density at radius 3 is 2.83 bits per heavy atom. The number of nitrogens with one attached hydrogen (secondary N) is 1. The number of hydrogen-bond donors (Lipinski definition) is 2. The molecule has 0 aliphatic carbocycles. The third-order valence-electron chi connectivity index (χ3n) is 3.98. The zero-order chi connectivity index (χ0) is 16.8. The van der Waals surface area contributed by atoms with Crippen LogP contribution in [0.25, 0.3) is 0 Å². The fourth-order valence-electron chi connectivity index (χ4n) is 2.81. The summed E-state index contributed by atoms with van der Waals surface area (Å²) in [5.41, 5.74) is 0.779. The van der Waals surface area contributed by atoms with E-state index in [9.17, 15) is 9.59 Å². The van der Waals surface area contributed by atoms with Gasteiger partial charge in [0.05, 0.1) is 24.7 Å². The Balaban J connectivity index is 1.91. The van der Waals surface area contributed by atoms with Gasteiger partial charge in [-0.15, -0.1) is 0 Å². The average Bonchev–Trinajstić information content (AvgIpc) is 2.90. The summed E-state index contributed by atoms with van der Waals surface area (Å²) in [7, 11) is 0. The summed E-state index contributed by atoms with van der Waals surface area (Å²) in [6.45, 7) is 2.04. The lowest BCUT2D eigenvalue weighted by Crippen LogP contribution is -2.30. The van der Waals surface area contributed by atoms with Gasteiger partial charge in [0.25, 0.3) is 0 Å². The van der Waals surface area contributed by atoms with Crippen molar-refractivity contribution in [3.8, 4) is 0 Å². The number of carboxylic acids is 1. The Hall–Kier alpha value is -1.40. The van der Waals surface area contributed by atoms with Gasteiger partial charge in [0.1, 0.15) is 0 Å². The summed E-state index contributed by atoms with van der Waals surface area (Å²) in [6.07, 6.45) is 3.31. The molecule has 6 heteroatoms. The molecule has 0 radical (unpaired) electrons. The fraction of sp³-hybridized carbons (Fsp3) is 0.529. The molecule has 1 fully saturated rings. The van der Waals surface area contributed by atoms with Gasteiger partial charge in [-0.3, -0.25) is 9.59 Å². The van der Waals surface area contributed by atoms with Gasteiger partial charge in [-0.2, -0.15) is 0 Å². The van der Waals surface area contributed by atoms with Crippen LogP contribution in [0.2, 0.25) is 0 Å². The first-order valence-corrected chi connectivity index (χ1v) is 8.65. The standard InChI is InChI=1S/C17H22BrNO4/c1-11-5-6-14(23-11)7-8-16(20)19-15(10-17(21)22)12-3-2-4-13(18)9-12/h2-4,9,11,14-15H,5-8,10H2,1H3,(H,19,20)(H,21,22). The summed E-state index contributed by atoms with van der Waals surface area (Å²) in [5.74, 6) is -1.08. The van der Waals surface area contributed by atoms with Crippen LogP contribution in [0.3, 0.4) is 0 Å². The number of carbonyl (C=O) groups is 2. The summed E-state index contributed by atoms with van der Waals surface area (Å²) in [6, 6.07) is 6.81.